The number of benzene rings is 2. The van der Waals surface area contributed by atoms with Crippen molar-refractivity contribution in [2.24, 2.45) is 0 Å². The van der Waals surface area contributed by atoms with Crippen LogP contribution in [0.5, 0.6) is 0 Å². The highest BCUT2D eigenvalue weighted by Gasteiger charge is 2.54. The molecule has 0 unspecified atom stereocenters. The van der Waals surface area contributed by atoms with E-state index in [4.69, 9.17) is 0 Å². The molecule has 0 bridgehead atoms. The molecule has 1 N–H and O–H groups in total. The van der Waals surface area contributed by atoms with E-state index in [2.05, 4.69) is 5.32 Å². The summed E-state index contributed by atoms with van der Waals surface area (Å²) in [6.07, 6.45) is 3.17. The van der Waals surface area contributed by atoms with Crippen LogP contribution in [0, 0.1) is 0 Å². The van der Waals surface area contributed by atoms with E-state index in [1.165, 1.54) is 0 Å². The number of carbonyl (C=O) groups excluding carboxylic acids is 3. The monoisotopic (exact) mass is 362 g/mol. The number of Topliss-reactive ketones (excluding diaryl/α,β-unsaturated/α-hetero) is 1. The average Bonchev–Trinajstić information content (AvgIpc) is 2.93. The summed E-state index contributed by atoms with van der Waals surface area (Å²) in [5, 5.41) is 2.89. The summed E-state index contributed by atoms with van der Waals surface area (Å²) in [6.45, 7) is 1.81. The normalized spacial score (nSPS) is 21.3. The standard InChI is InChI=1S/C22H22N2O3/c1-2-15-9-11-17(12-10-15)19(25)14-24-20(26)22(23-21(24)27)13-5-7-16-6-3-4-8-18(16)22/h3-4,6,8-12H,2,5,7,13-14H2,1H3,(H,23,27)/t22-/m1/s1. The molecule has 5 heteroatoms. The van der Waals surface area contributed by atoms with Crippen LogP contribution in [0.25, 0.3) is 0 Å². The lowest BCUT2D eigenvalue weighted by atomic mass is 9.76. The Bertz CT molecular complexity index is 919. The number of aryl methyl sites for hydroxylation is 2. The number of hydrogen-bond acceptors (Lipinski definition) is 3. The molecule has 2 aromatic carbocycles. The molecule has 1 spiro atoms. The van der Waals surface area contributed by atoms with Crippen molar-refractivity contribution in [3.8, 4) is 0 Å². The lowest BCUT2D eigenvalue weighted by molar-refractivity contribution is -0.131. The highest BCUT2D eigenvalue weighted by molar-refractivity contribution is 6.11. The molecule has 138 valence electrons. The first kappa shape index (κ1) is 17.5. The lowest BCUT2D eigenvalue weighted by Crippen LogP contribution is -2.46. The number of fused-ring (bicyclic) bond motifs is 2. The molecule has 1 aliphatic carbocycles. The highest BCUT2D eigenvalue weighted by Crippen LogP contribution is 2.39. The molecule has 4 rings (SSSR count). The van der Waals surface area contributed by atoms with Crippen LogP contribution in [-0.4, -0.2) is 29.2 Å². The van der Waals surface area contributed by atoms with Gasteiger partial charge in [-0.05, 0) is 42.4 Å². The molecule has 0 aromatic heterocycles. The Kier molecular flexibility index (Phi) is 4.30. The predicted molar refractivity (Wildman–Crippen MR) is 101 cm³/mol. The summed E-state index contributed by atoms with van der Waals surface area (Å²) < 4.78 is 0. The Morgan fingerprint density at radius 2 is 1.85 bits per heavy atom. The molecule has 1 heterocycles. The van der Waals surface area contributed by atoms with Gasteiger partial charge in [0.15, 0.2) is 5.78 Å². The van der Waals surface area contributed by atoms with Crippen molar-refractivity contribution < 1.29 is 14.4 Å². The molecular formula is C22H22N2O3. The Balaban J connectivity index is 1.60. The van der Waals surface area contributed by atoms with Gasteiger partial charge in [0.1, 0.15) is 5.54 Å². The number of nitrogens with one attached hydrogen (secondary N) is 1. The van der Waals surface area contributed by atoms with E-state index in [1.54, 1.807) is 12.1 Å². The summed E-state index contributed by atoms with van der Waals surface area (Å²) in [7, 11) is 0. The number of imide groups is 1. The molecule has 1 saturated heterocycles. The zero-order chi connectivity index (χ0) is 19.0. The molecule has 1 atom stereocenters. The van der Waals surface area contributed by atoms with Crippen LogP contribution in [0.15, 0.2) is 48.5 Å². The van der Waals surface area contributed by atoms with E-state index in [9.17, 15) is 14.4 Å². The van der Waals surface area contributed by atoms with Gasteiger partial charge in [0.05, 0.1) is 6.54 Å². The first-order valence-corrected chi connectivity index (χ1v) is 9.40. The van der Waals surface area contributed by atoms with E-state index in [-0.39, 0.29) is 18.2 Å². The van der Waals surface area contributed by atoms with Crippen molar-refractivity contribution >= 4 is 17.7 Å². The minimum atomic E-state index is -1.03. The van der Waals surface area contributed by atoms with Crippen molar-refractivity contribution in [1.82, 2.24) is 10.2 Å². The van der Waals surface area contributed by atoms with Gasteiger partial charge in [-0.25, -0.2) is 4.79 Å². The Morgan fingerprint density at radius 3 is 2.59 bits per heavy atom. The number of rotatable bonds is 4. The molecule has 5 nitrogen and oxygen atoms in total. The van der Waals surface area contributed by atoms with Gasteiger partial charge in [0.25, 0.3) is 5.91 Å². The number of amides is 3. The summed E-state index contributed by atoms with van der Waals surface area (Å²) in [6, 6.07) is 14.6. The lowest BCUT2D eigenvalue weighted by Gasteiger charge is -2.33. The van der Waals surface area contributed by atoms with Gasteiger partial charge in [0, 0.05) is 5.56 Å². The summed E-state index contributed by atoms with van der Waals surface area (Å²) in [4.78, 5) is 39.5. The Hall–Kier alpha value is -2.95. The summed E-state index contributed by atoms with van der Waals surface area (Å²) >= 11 is 0. The number of hydrogen-bond donors (Lipinski definition) is 1. The van der Waals surface area contributed by atoms with Crippen molar-refractivity contribution in [3.05, 3.63) is 70.8 Å². The SMILES string of the molecule is CCc1ccc(C(=O)CN2C(=O)N[C@@]3(CCCc4ccccc43)C2=O)cc1. The number of nitrogens with zero attached hydrogens (tertiary/aromatic N) is 1. The van der Waals surface area contributed by atoms with E-state index >= 15 is 0 Å². The van der Waals surface area contributed by atoms with E-state index < -0.39 is 11.6 Å². The first-order valence-electron chi connectivity index (χ1n) is 9.40. The van der Waals surface area contributed by atoms with Crippen LogP contribution in [0.4, 0.5) is 4.79 Å². The third kappa shape index (κ3) is 2.83. The second-order valence-corrected chi connectivity index (χ2v) is 7.21. The maximum absolute atomic E-state index is 13.2. The average molecular weight is 362 g/mol. The van der Waals surface area contributed by atoms with Gasteiger partial charge in [-0.15, -0.1) is 0 Å². The van der Waals surface area contributed by atoms with Crippen molar-refractivity contribution in [2.45, 2.75) is 38.1 Å². The number of urea groups is 1. The third-order valence-electron chi connectivity index (χ3n) is 5.64. The van der Waals surface area contributed by atoms with Crippen LogP contribution in [-0.2, 0) is 23.2 Å². The second kappa shape index (κ2) is 6.65. The fourth-order valence-electron chi connectivity index (χ4n) is 4.12. The highest BCUT2D eigenvalue weighted by atomic mass is 16.2. The van der Waals surface area contributed by atoms with Gasteiger partial charge in [-0.3, -0.25) is 14.5 Å². The molecule has 2 aromatic rings. The van der Waals surface area contributed by atoms with Gasteiger partial charge in [0.2, 0.25) is 0 Å². The third-order valence-corrected chi connectivity index (χ3v) is 5.64. The molecule has 3 amide bonds. The molecule has 0 saturated carbocycles. The summed E-state index contributed by atoms with van der Waals surface area (Å²) in [5.74, 6) is -0.555. The zero-order valence-corrected chi connectivity index (χ0v) is 15.3. The van der Waals surface area contributed by atoms with Gasteiger partial charge in [-0.1, -0.05) is 55.5 Å². The van der Waals surface area contributed by atoms with Gasteiger partial charge < -0.3 is 5.32 Å². The fourth-order valence-corrected chi connectivity index (χ4v) is 4.12. The van der Waals surface area contributed by atoms with E-state index in [0.29, 0.717) is 12.0 Å². The number of ketones is 1. The summed E-state index contributed by atoms with van der Waals surface area (Å²) in [5.41, 5.74) is 2.56. The molecule has 1 fully saturated rings. The molecule has 1 aliphatic heterocycles. The second-order valence-electron chi connectivity index (χ2n) is 7.21. The van der Waals surface area contributed by atoms with Crippen molar-refractivity contribution in [1.29, 1.82) is 0 Å². The van der Waals surface area contributed by atoms with Gasteiger partial charge >= 0.3 is 6.03 Å². The number of carbonyl (C=O) groups is 3. The van der Waals surface area contributed by atoms with E-state index in [1.807, 2.05) is 43.3 Å². The van der Waals surface area contributed by atoms with Crippen LogP contribution < -0.4 is 5.32 Å². The maximum Gasteiger partial charge on any atom is 0.325 e. The minimum absolute atomic E-state index is 0.234. The Morgan fingerprint density at radius 1 is 1.11 bits per heavy atom. The largest absolute Gasteiger partial charge is 0.325 e. The topological polar surface area (TPSA) is 66.5 Å². The van der Waals surface area contributed by atoms with Crippen LogP contribution in [0.2, 0.25) is 0 Å². The van der Waals surface area contributed by atoms with E-state index in [0.717, 1.165) is 40.9 Å². The van der Waals surface area contributed by atoms with Crippen molar-refractivity contribution in [3.63, 3.8) is 0 Å². The molecular weight excluding hydrogens is 340 g/mol. The maximum atomic E-state index is 13.2. The van der Waals surface area contributed by atoms with Crippen LogP contribution >= 0.6 is 0 Å². The van der Waals surface area contributed by atoms with Crippen LogP contribution in [0.1, 0.15) is 46.8 Å². The van der Waals surface area contributed by atoms with Crippen LogP contribution in [0.3, 0.4) is 0 Å². The molecule has 27 heavy (non-hydrogen) atoms. The van der Waals surface area contributed by atoms with Crippen molar-refractivity contribution in [2.75, 3.05) is 6.54 Å². The van der Waals surface area contributed by atoms with Gasteiger partial charge in [-0.2, -0.15) is 0 Å². The molecule has 2 aliphatic rings. The molecule has 0 radical (unpaired) electrons. The zero-order valence-electron chi connectivity index (χ0n) is 15.3. The Labute approximate surface area is 158 Å². The predicted octanol–water partition coefficient (Wildman–Crippen LogP) is 3.22. The minimum Gasteiger partial charge on any atom is -0.319 e. The smallest absolute Gasteiger partial charge is 0.319 e. The quantitative estimate of drug-likeness (QED) is 0.671. The first-order chi connectivity index (χ1) is 13.0. The fraction of sp³-hybridized carbons (Fsp3) is 0.318.